The van der Waals surface area contributed by atoms with Crippen LogP contribution in [0.3, 0.4) is 0 Å². The molecule has 138 valence electrons. The number of nitrogens with one attached hydrogen (secondary N) is 2. The number of nitrogens with two attached hydrogens (primary N) is 1. The van der Waals surface area contributed by atoms with Crippen LogP contribution in [0.2, 0.25) is 5.02 Å². The smallest absolute Gasteiger partial charge is 0.200 e. The second-order valence-electron chi connectivity index (χ2n) is 7.37. The van der Waals surface area contributed by atoms with Gasteiger partial charge in [0.2, 0.25) is 5.88 Å². The second kappa shape index (κ2) is 6.34. The quantitative estimate of drug-likeness (QED) is 0.753. The topological polar surface area (TPSA) is 92.3 Å². The number of hydrogen-bond acceptors (Lipinski definition) is 6. The van der Waals surface area contributed by atoms with E-state index >= 15 is 0 Å². The minimum atomic E-state index is -0.561. The van der Waals surface area contributed by atoms with Gasteiger partial charge in [0, 0.05) is 22.4 Å². The van der Waals surface area contributed by atoms with Crippen LogP contribution in [0, 0.1) is 23.2 Å². The number of halogens is 1. The van der Waals surface area contributed by atoms with Gasteiger partial charge in [0.1, 0.15) is 17.4 Å². The van der Waals surface area contributed by atoms with Crippen molar-refractivity contribution in [2.45, 2.75) is 43.9 Å². The van der Waals surface area contributed by atoms with Crippen LogP contribution >= 0.6 is 11.6 Å². The van der Waals surface area contributed by atoms with Gasteiger partial charge in [0.05, 0.1) is 7.11 Å². The Morgan fingerprint density at radius 3 is 2.73 bits per heavy atom. The van der Waals surface area contributed by atoms with E-state index < -0.39 is 5.41 Å². The van der Waals surface area contributed by atoms with Crippen molar-refractivity contribution in [1.82, 2.24) is 10.9 Å². The van der Waals surface area contributed by atoms with Crippen molar-refractivity contribution in [3.8, 4) is 11.8 Å². The summed E-state index contributed by atoms with van der Waals surface area (Å²) in [5.41, 5.74) is 13.6. The highest BCUT2D eigenvalue weighted by molar-refractivity contribution is 6.30. The average molecular weight is 375 g/mol. The molecule has 7 heteroatoms. The highest BCUT2D eigenvalue weighted by Crippen LogP contribution is 2.58. The Balaban J connectivity index is 2.02. The monoisotopic (exact) mass is 374 g/mol. The van der Waals surface area contributed by atoms with Gasteiger partial charge in [0.25, 0.3) is 0 Å². The van der Waals surface area contributed by atoms with Crippen molar-refractivity contribution in [3.63, 3.8) is 0 Å². The van der Waals surface area contributed by atoms with E-state index in [2.05, 4.69) is 23.8 Å². The molecule has 4 unspecified atom stereocenters. The summed E-state index contributed by atoms with van der Waals surface area (Å²) in [4.78, 5) is 0. The molecule has 0 bridgehead atoms. The Bertz CT molecular complexity index is 801. The number of allylic oxidation sites excluding steroid dienone is 1. The summed E-state index contributed by atoms with van der Waals surface area (Å²) in [6, 6.07) is 8.19. The number of methoxy groups -OCH3 is 1. The first-order chi connectivity index (χ1) is 12.5. The Morgan fingerprint density at radius 1 is 1.35 bits per heavy atom. The number of nitrogens with zero attached hydrogens (tertiary/aromatic N) is 1. The first kappa shape index (κ1) is 17.5. The van der Waals surface area contributed by atoms with Crippen LogP contribution in [-0.2, 0) is 10.2 Å². The first-order valence-corrected chi connectivity index (χ1v) is 9.33. The van der Waals surface area contributed by atoms with E-state index in [0.717, 1.165) is 24.8 Å². The highest BCUT2D eigenvalue weighted by Gasteiger charge is 2.61. The molecule has 3 aliphatic rings. The number of benzene rings is 1. The summed E-state index contributed by atoms with van der Waals surface area (Å²) < 4.78 is 11.3. The minimum absolute atomic E-state index is 0.0120. The van der Waals surface area contributed by atoms with E-state index in [9.17, 15) is 5.26 Å². The molecule has 4 atom stereocenters. The minimum Gasteiger partial charge on any atom is -0.497 e. The zero-order valence-electron chi connectivity index (χ0n) is 14.9. The van der Waals surface area contributed by atoms with E-state index in [-0.39, 0.29) is 24.1 Å². The first-order valence-electron chi connectivity index (χ1n) is 8.95. The molecule has 1 saturated heterocycles. The lowest BCUT2D eigenvalue weighted by atomic mass is 9.51. The molecule has 0 radical (unpaired) electrons. The van der Waals surface area contributed by atoms with Gasteiger partial charge < -0.3 is 15.2 Å². The van der Waals surface area contributed by atoms with Crippen molar-refractivity contribution in [2.75, 3.05) is 7.11 Å². The van der Waals surface area contributed by atoms with Gasteiger partial charge in [-0.1, -0.05) is 18.0 Å². The lowest BCUT2D eigenvalue weighted by molar-refractivity contribution is -0.0218. The van der Waals surface area contributed by atoms with Crippen LogP contribution in [0.5, 0.6) is 5.75 Å². The van der Waals surface area contributed by atoms with Gasteiger partial charge in [-0.25, -0.2) is 5.43 Å². The number of rotatable bonds is 3. The van der Waals surface area contributed by atoms with E-state index in [0.29, 0.717) is 22.3 Å². The summed E-state index contributed by atoms with van der Waals surface area (Å²) in [5, 5.41) is 10.6. The van der Waals surface area contributed by atoms with Crippen LogP contribution in [0.15, 0.2) is 29.7 Å². The van der Waals surface area contributed by atoms with Crippen molar-refractivity contribution >= 4 is 11.6 Å². The molecule has 0 aromatic heterocycles. The number of fused-ring (bicyclic) bond motifs is 1. The number of ether oxygens (including phenoxy) is 2. The van der Waals surface area contributed by atoms with Gasteiger partial charge >= 0.3 is 0 Å². The van der Waals surface area contributed by atoms with Crippen LogP contribution < -0.4 is 21.3 Å². The Hall–Kier alpha value is -1.94. The van der Waals surface area contributed by atoms with Crippen molar-refractivity contribution < 1.29 is 9.47 Å². The highest BCUT2D eigenvalue weighted by atomic mass is 35.5. The Labute approximate surface area is 158 Å². The molecule has 0 amide bonds. The van der Waals surface area contributed by atoms with Crippen molar-refractivity contribution in [1.29, 1.82) is 5.26 Å². The SMILES string of the molecule is COc1cc(Cl)cc(C2(C3CCC3)C(C#N)=C(N)OC3NNC(C)C32)c1. The van der Waals surface area contributed by atoms with Crippen LogP contribution in [0.25, 0.3) is 0 Å². The number of nitriles is 1. The van der Waals surface area contributed by atoms with E-state index in [1.807, 2.05) is 12.1 Å². The van der Waals surface area contributed by atoms with Gasteiger partial charge in [-0.15, -0.1) is 0 Å². The maximum Gasteiger partial charge on any atom is 0.200 e. The summed E-state index contributed by atoms with van der Waals surface area (Å²) >= 11 is 6.41. The lowest BCUT2D eigenvalue weighted by Crippen LogP contribution is -2.57. The van der Waals surface area contributed by atoms with Gasteiger partial charge in [-0.05, 0) is 49.4 Å². The third kappa shape index (κ3) is 2.31. The largest absolute Gasteiger partial charge is 0.497 e. The summed E-state index contributed by atoms with van der Waals surface area (Å²) in [6.07, 6.45) is 2.94. The molecular formula is C19H23ClN4O2. The maximum atomic E-state index is 10.1. The van der Waals surface area contributed by atoms with Gasteiger partial charge in [-0.2, -0.15) is 5.26 Å². The predicted molar refractivity (Wildman–Crippen MR) is 97.9 cm³/mol. The van der Waals surface area contributed by atoms with Crippen molar-refractivity contribution in [3.05, 3.63) is 40.2 Å². The molecule has 4 N–H and O–H groups in total. The molecule has 2 fully saturated rings. The zero-order valence-corrected chi connectivity index (χ0v) is 15.6. The van der Waals surface area contributed by atoms with E-state index in [4.69, 9.17) is 26.8 Å². The second-order valence-corrected chi connectivity index (χ2v) is 7.81. The summed E-state index contributed by atoms with van der Waals surface area (Å²) in [7, 11) is 1.62. The molecular weight excluding hydrogens is 352 g/mol. The van der Waals surface area contributed by atoms with E-state index in [1.54, 1.807) is 13.2 Å². The molecule has 1 aromatic rings. The number of hydrogen-bond donors (Lipinski definition) is 3. The molecule has 26 heavy (non-hydrogen) atoms. The molecule has 2 aliphatic heterocycles. The fraction of sp³-hybridized carbons (Fsp3) is 0.526. The standard InChI is InChI=1S/C19H23ClN4O2/c1-10-16-18(24-23-10)26-17(22)15(9-21)19(16,11-4-3-5-11)12-6-13(20)8-14(7-12)25-2/h6-8,10-11,16,18,23-24H,3-5,22H2,1-2H3. The molecule has 2 heterocycles. The van der Waals surface area contributed by atoms with E-state index in [1.165, 1.54) is 0 Å². The fourth-order valence-electron chi connectivity index (χ4n) is 4.94. The predicted octanol–water partition coefficient (Wildman–Crippen LogP) is 2.55. The molecule has 0 spiro atoms. The number of hydrazine groups is 1. The fourth-order valence-corrected chi connectivity index (χ4v) is 5.16. The molecule has 6 nitrogen and oxygen atoms in total. The Morgan fingerprint density at radius 2 is 2.12 bits per heavy atom. The third-order valence-corrected chi connectivity index (χ3v) is 6.42. The summed E-state index contributed by atoms with van der Waals surface area (Å²) in [6.45, 7) is 2.10. The van der Waals surface area contributed by atoms with Crippen LogP contribution in [0.4, 0.5) is 0 Å². The summed E-state index contributed by atoms with van der Waals surface area (Å²) in [5.74, 6) is 1.19. The maximum absolute atomic E-state index is 10.1. The normalized spacial score (nSPS) is 33.8. The van der Waals surface area contributed by atoms with Crippen LogP contribution in [0.1, 0.15) is 31.7 Å². The zero-order chi connectivity index (χ0) is 18.5. The van der Waals surface area contributed by atoms with Gasteiger partial charge in [-0.3, -0.25) is 5.43 Å². The van der Waals surface area contributed by atoms with Crippen molar-refractivity contribution in [2.24, 2.45) is 17.6 Å². The molecule has 4 rings (SSSR count). The van der Waals surface area contributed by atoms with Gasteiger partial charge in [0.15, 0.2) is 6.23 Å². The van der Waals surface area contributed by atoms with Crippen LogP contribution in [-0.4, -0.2) is 19.4 Å². The average Bonchev–Trinajstić information content (AvgIpc) is 2.93. The molecule has 1 aromatic carbocycles. The lowest BCUT2D eigenvalue weighted by Gasteiger charge is -2.53. The molecule has 1 saturated carbocycles. The Kier molecular flexibility index (Phi) is 4.26. The molecule has 1 aliphatic carbocycles. The third-order valence-electron chi connectivity index (χ3n) is 6.20.